The summed E-state index contributed by atoms with van der Waals surface area (Å²) in [6.07, 6.45) is 3.04. The van der Waals surface area contributed by atoms with E-state index < -0.39 is 0 Å². The number of piperazine rings is 1. The molecule has 2 rings (SSSR count). The van der Waals surface area contributed by atoms with Crippen LogP contribution in [-0.4, -0.2) is 60.3 Å². The van der Waals surface area contributed by atoms with Crippen molar-refractivity contribution in [2.24, 2.45) is 5.41 Å². The molecule has 0 spiro atoms. The Morgan fingerprint density at radius 2 is 1.75 bits per heavy atom. The van der Waals surface area contributed by atoms with Crippen molar-refractivity contribution in [3.8, 4) is 0 Å². The minimum atomic E-state index is -0.0716. The van der Waals surface area contributed by atoms with Gasteiger partial charge in [-0.15, -0.1) is 0 Å². The maximum Gasteiger partial charge on any atom is 0.0555 e. The molecule has 0 bridgehead atoms. The third-order valence-corrected chi connectivity index (χ3v) is 4.50. The molecule has 0 aromatic rings. The van der Waals surface area contributed by atoms with Crippen LogP contribution >= 0.6 is 0 Å². The van der Waals surface area contributed by atoms with Crippen molar-refractivity contribution in [2.75, 3.05) is 33.2 Å². The number of hydrogen-bond acceptors (Lipinski definition) is 3. The summed E-state index contributed by atoms with van der Waals surface area (Å²) in [5.41, 5.74) is 0.370. The SMILES string of the molecule is CN1CCN(C2CC(O)CCC2(C)C)CC1. The molecular weight excluding hydrogens is 200 g/mol. The molecule has 1 heterocycles. The van der Waals surface area contributed by atoms with E-state index in [9.17, 15) is 5.11 Å². The van der Waals surface area contributed by atoms with Crippen molar-refractivity contribution in [1.29, 1.82) is 0 Å². The van der Waals surface area contributed by atoms with Crippen LogP contribution in [-0.2, 0) is 0 Å². The number of aliphatic hydroxyl groups excluding tert-OH is 1. The molecule has 3 heteroatoms. The fraction of sp³-hybridized carbons (Fsp3) is 1.00. The van der Waals surface area contributed by atoms with Gasteiger partial charge in [0.25, 0.3) is 0 Å². The quantitative estimate of drug-likeness (QED) is 0.727. The first-order valence-electron chi connectivity index (χ1n) is 6.60. The van der Waals surface area contributed by atoms with Crippen LogP contribution in [0.3, 0.4) is 0 Å². The largest absolute Gasteiger partial charge is 0.393 e. The van der Waals surface area contributed by atoms with Crippen molar-refractivity contribution in [3.05, 3.63) is 0 Å². The van der Waals surface area contributed by atoms with E-state index in [-0.39, 0.29) is 6.10 Å². The summed E-state index contributed by atoms with van der Waals surface area (Å²) >= 11 is 0. The Morgan fingerprint density at radius 1 is 1.12 bits per heavy atom. The summed E-state index contributed by atoms with van der Waals surface area (Å²) in [6.45, 7) is 9.39. The van der Waals surface area contributed by atoms with E-state index >= 15 is 0 Å². The molecule has 0 amide bonds. The second-order valence-corrected chi connectivity index (χ2v) is 6.27. The molecule has 16 heavy (non-hydrogen) atoms. The highest BCUT2D eigenvalue weighted by Crippen LogP contribution is 2.39. The highest BCUT2D eigenvalue weighted by Gasteiger charge is 2.39. The maximum atomic E-state index is 9.86. The van der Waals surface area contributed by atoms with E-state index in [1.165, 1.54) is 13.1 Å². The lowest BCUT2D eigenvalue weighted by molar-refractivity contribution is -0.0266. The Balaban J connectivity index is 2.00. The molecule has 2 fully saturated rings. The fourth-order valence-corrected chi connectivity index (χ4v) is 3.18. The van der Waals surface area contributed by atoms with E-state index in [4.69, 9.17) is 0 Å². The topological polar surface area (TPSA) is 26.7 Å². The van der Waals surface area contributed by atoms with Gasteiger partial charge in [-0.25, -0.2) is 0 Å². The molecule has 0 aromatic carbocycles. The Hall–Kier alpha value is -0.120. The Labute approximate surface area is 99.4 Å². The number of hydrogen-bond donors (Lipinski definition) is 1. The van der Waals surface area contributed by atoms with Crippen LogP contribution in [0.4, 0.5) is 0 Å². The van der Waals surface area contributed by atoms with Crippen LogP contribution in [0.1, 0.15) is 33.1 Å². The average molecular weight is 226 g/mol. The minimum absolute atomic E-state index is 0.0716. The van der Waals surface area contributed by atoms with Gasteiger partial charge in [-0.05, 0) is 31.7 Å². The summed E-state index contributed by atoms with van der Waals surface area (Å²) in [5.74, 6) is 0. The third kappa shape index (κ3) is 2.58. The van der Waals surface area contributed by atoms with E-state index in [0.29, 0.717) is 11.5 Å². The molecule has 0 radical (unpaired) electrons. The zero-order valence-electron chi connectivity index (χ0n) is 10.9. The smallest absolute Gasteiger partial charge is 0.0555 e. The van der Waals surface area contributed by atoms with Crippen LogP contribution in [0, 0.1) is 5.41 Å². The van der Waals surface area contributed by atoms with Gasteiger partial charge >= 0.3 is 0 Å². The predicted molar refractivity (Wildman–Crippen MR) is 66.5 cm³/mol. The standard InChI is InChI=1S/C13H26N2O/c1-13(2)5-4-11(16)10-12(13)15-8-6-14(3)7-9-15/h11-12,16H,4-10H2,1-3H3. The van der Waals surface area contributed by atoms with E-state index in [2.05, 4.69) is 30.7 Å². The van der Waals surface area contributed by atoms with Gasteiger partial charge in [0.05, 0.1) is 6.10 Å². The van der Waals surface area contributed by atoms with Crippen molar-refractivity contribution in [2.45, 2.75) is 45.3 Å². The first-order chi connectivity index (χ1) is 7.49. The second kappa shape index (κ2) is 4.63. The summed E-state index contributed by atoms with van der Waals surface area (Å²) in [4.78, 5) is 4.99. The monoisotopic (exact) mass is 226 g/mol. The van der Waals surface area contributed by atoms with Gasteiger partial charge in [0.1, 0.15) is 0 Å². The highest BCUT2D eigenvalue weighted by molar-refractivity contribution is 4.93. The molecule has 94 valence electrons. The Bertz CT molecular complexity index is 234. The molecular formula is C13H26N2O. The number of nitrogens with zero attached hydrogens (tertiary/aromatic N) is 2. The Kier molecular flexibility index (Phi) is 3.57. The molecule has 1 saturated heterocycles. The summed E-state index contributed by atoms with van der Waals surface area (Å²) in [6, 6.07) is 0.574. The van der Waals surface area contributed by atoms with Crippen molar-refractivity contribution < 1.29 is 5.11 Å². The zero-order chi connectivity index (χ0) is 11.8. The summed E-state index contributed by atoms with van der Waals surface area (Å²) in [7, 11) is 2.19. The molecule has 1 aliphatic heterocycles. The first kappa shape index (κ1) is 12.3. The normalized spacial score (nSPS) is 37.5. The maximum absolute atomic E-state index is 9.86. The van der Waals surface area contributed by atoms with Gasteiger partial charge in [-0.1, -0.05) is 13.8 Å². The highest BCUT2D eigenvalue weighted by atomic mass is 16.3. The first-order valence-corrected chi connectivity index (χ1v) is 6.60. The molecule has 2 aliphatic rings. The lowest BCUT2D eigenvalue weighted by atomic mass is 9.71. The van der Waals surface area contributed by atoms with E-state index in [1.807, 2.05) is 0 Å². The average Bonchev–Trinajstić information content (AvgIpc) is 2.23. The van der Waals surface area contributed by atoms with Gasteiger partial charge in [0, 0.05) is 32.2 Å². The lowest BCUT2D eigenvalue weighted by Gasteiger charge is -2.49. The van der Waals surface area contributed by atoms with Crippen LogP contribution < -0.4 is 0 Å². The fourth-order valence-electron chi connectivity index (χ4n) is 3.18. The van der Waals surface area contributed by atoms with E-state index in [0.717, 1.165) is 32.4 Å². The molecule has 2 atom stereocenters. The molecule has 1 N–H and O–H groups in total. The van der Waals surface area contributed by atoms with Gasteiger partial charge < -0.3 is 10.0 Å². The summed E-state index contributed by atoms with van der Waals surface area (Å²) < 4.78 is 0. The molecule has 2 unspecified atom stereocenters. The van der Waals surface area contributed by atoms with Crippen molar-refractivity contribution in [1.82, 2.24) is 9.80 Å². The van der Waals surface area contributed by atoms with Crippen LogP contribution in [0.15, 0.2) is 0 Å². The molecule has 3 nitrogen and oxygen atoms in total. The molecule has 0 aromatic heterocycles. The van der Waals surface area contributed by atoms with E-state index in [1.54, 1.807) is 0 Å². The van der Waals surface area contributed by atoms with Crippen LogP contribution in [0.25, 0.3) is 0 Å². The van der Waals surface area contributed by atoms with Gasteiger partial charge in [0.15, 0.2) is 0 Å². The molecule has 1 aliphatic carbocycles. The number of aliphatic hydroxyl groups is 1. The van der Waals surface area contributed by atoms with Gasteiger partial charge in [-0.2, -0.15) is 0 Å². The minimum Gasteiger partial charge on any atom is -0.393 e. The van der Waals surface area contributed by atoms with Crippen molar-refractivity contribution >= 4 is 0 Å². The van der Waals surface area contributed by atoms with Crippen molar-refractivity contribution in [3.63, 3.8) is 0 Å². The zero-order valence-corrected chi connectivity index (χ0v) is 10.9. The Morgan fingerprint density at radius 3 is 2.38 bits per heavy atom. The summed E-state index contributed by atoms with van der Waals surface area (Å²) in [5, 5.41) is 9.86. The number of likely N-dealkylation sites (N-methyl/N-ethyl adjacent to an activating group) is 1. The van der Waals surface area contributed by atoms with Crippen LogP contribution in [0.5, 0.6) is 0 Å². The number of rotatable bonds is 1. The lowest BCUT2D eigenvalue weighted by Crippen LogP contribution is -2.56. The second-order valence-electron chi connectivity index (χ2n) is 6.27. The van der Waals surface area contributed by atoms with Gasteiger partial charge in [0.2, 0.25) is 0 Å². The van der Waals surface area contributed by atoms with Crippen LogP contribution in [0.2, 0.25) is 0 Å². The van der Waals surface area contributed by atoms with Gasteiger partial charge in [-0.3, -0.25) is 4.90 Å². The third-order valence-electron chi connectivity index (χ3n) is 4.50. The predicted octanol–water partition coefficient (Wildman–Crippen LogP) is 1.17. The molecule has 1 saturated carbocycles.